The minimum Gasteiger partial charge on any atom is -0.463 e. The Bertz CT molecular complexity index is 618. The standard InChI is InChI=1S/C23H44O8Si/c1-15(24)27-13-17-19-20(29-14-28-17)21(26-8)23(5,6)18(31-19)11-16(25-7)12-30-32(9,10)22(2,3)4/h16-21H,11-14H2,1-10H3/t16-,17-,18+,19+,20-,21+/m0/s1. The van der Waals surface area contributed by atoms with Crippen LogP contribution < -0.4 is 0 Å². The van der Waals surface area contributed by atoms with Gasteiger partial charge in [-0.15, -0.1) is 0 Å². The van der Waals surface area contributed by atoms with Crippen molar-refractivity contribution in [1.82, 2.24) is 0 Å². The van der Waals surface area contributed by atoms with Crippen LogP contribution in [0.3, 0.4) is 0 Å². The van der Waals surface area contributed by atoms with Crippen LogP contribution in [0.1, 0.15) is 48.0 Å². The van der Waals surface area contributed by atoms with Crippen LogP contribution >= 0.6 is 0 Å². The van der Waals surface area contributed by atoms with E-state index < -0.39 is 20.5 Å². The molecular weight excluding hydrogens is 432 g/mol. The Morgan fingerprint density at radius 3 is 2.34 bits per heavy atom. The van der Waals surface area contributed by atoms with E-state index in [1.54, 1.807) is 14.2 Å². The SMILES string of the molecule is CO[C@H](CO[Si](C)(C)C(C)(C)C)C[C@H]1O[C@H]2[C@H](OCO[C@H]2COC(C)=O)[C@@H](OC)C1(C)C. The van der Waals surface area contributed by atoms with Gasteiger partial charge in [0, 0.05) is 33.0 Å². The molecule has 0 saturated carbocycles. The normalized spacial score (nSPS) is 31.6. The summed E-state index contributed by atoms with van der Waals surface area (Å²) >= 11 is 0. The average Bonchev–Trinajstić information content (AvgIpc) is 2.68. The van der Waals surface area contributed by atoms with Crippen molar-refractivity contribution in [3.63, 3.8) is 0 Å². The molecular formula is C23H44O8Si. The lowest BCUT2D eigenvalue weighted by Crippen LogP contribution is -2.66. The summed E-state index contributed by atoms with van der Waals surface area (Å²) in [5.74, 6) is -0.352. The Kier molecular flexibility index (Phi) is 9.34. The highest BCUT2D eigenvalue weighted by Crippen LogP contribution is 2.44. The number of hydrogen-bond acceptors (Lipinski definition) is 8. The fraction of sp³-hybridized carbons (Fsp3) is 0.957. The first-order valence-electron chi connectivity index (χ1n) is 11.5. The lowest BCUT2D eigenvalue weighted by Gasteiger charge is -2.54. The number of carbonyl (C=O) groups is 1. The maximum atomic E-state index is 11.3. The maximum Gasteiger partial charge on any atom is 0.302 e. The number of methoxy groups -OCH3 is 2. The van der Waals surface area contributed by atoms with Gasteiger partial charge < -0.3 is 32.8 Å². The van der Waals surface area contributed by atoms with E-state index in [-0.39, 0.29) is 54.2 Å². The molecule has 2 saturated heterocycles. The third-order valence-corrected chi connectivity index (χ3v) is 11.9. The van der Waals surface area contributed by atoms with Crippen molar-refractivity contribution in [3.8, 4) is 0 Å². The summed E-state index contributed by atoms with van der Waals surface area (Å²) in [6, 6.07) is 0. The Balaban J connectivity index is 2.16. The van der Waals surface area contributed by atoms with E-state index in [0.29, 0.717) is 13.0 Å². The van der Waals surface area contributed by atoms with E-state index in [0.717, 1.165) is 0 Å². The van der Waals surface area contributed by atoms with E-state index in [9.17, 15) is 4.79 Å². The molecule has 32 heavy (non-hydrogen) atoms. The zero-order valence-electron chi connectivity index (χ0n) is 21.6. The smallest absolute Gasteiger partial charge is 0.302 e. The monoisotopic (exact) mass is 476 g/mol. The van der Waals surface area contributed by atoms with Gasteiger partial charge in [-0.2, -0.15) is 0 Å². The molecule has 0 aromatic heterocycles. The topological polar surface area (TPSA) is 81.7 Å². The van der Waals surface area contributed by atoms with Crippen molar-refractivity contribution in [2.45, 2.75) is 103 Å². The largest absolute Gasteiger partial charge is 0.463 e. The highest BCUT2D eigenvalue weighted by Gasteiger charge is 2.56. The Labute approximate surface area is 194 Å². The van der Waals surface area contributed by atoms with Gasteiger partial charge in [-0.05, 0) is 18.1 Å². The van der Waals surface area contributed by atoms with Crippen LogP contribution in [-0.2, 0) is 37.6 Å². The quantitative estimate of drug-likeness (QED) is 0.369. The fourth-order valence-electron chi connectivity index (χ4n) is 4.13. The Hall–Kier alpha value is -0.553. The van der Waals surface area contributed by atoms with Crippen molar-refractivity contribution >= 4 is 14.3 Å². The molecule has 0 bridgehead atoms. The molecule has 2 fully saturated rings. The molecule has 0 aromatic rings. The molecule has 2 aliphatic rings. The number of ether oxygens (including phenoxy) is 6. The van der Waals surface area contributed by atoms with Crippen molar-refractivity contribution < 1.29 is 37.6 Å². The maximum absolute atomic E-state index is 11.3. The first-order valence-corrected chi connectivity index (χ1v) is 14.4. The lowest BCUT2D eigenvalue weighted by molar-refractivity contribution is -0.332. The van der Waals surface area contributed by atoms with Gasteiger partial charge >= 0.3 is 5.97 Å². The first kappa shape index (κ1) is 27.7. The summed E-state index contributed by atoms with van der Waals surface area (Å²) in [5, 5.41) is 0.126. The van der Waals surface area contributed by atoms with E-state index in [2.05, 4.69) is 47.7 Å². The van der Waals surface area contributed by atoms with Crippen LogP contribution in [0.2, 0.25) is 18.1 Å². The number of hydrogen-bond donors (Lipinski definition) is 0. The molecule has 8 nitrogen and oxygen atoms in total. The number of carbonyl (C=O) groups excluding carboxylic acids is 1. The van der Waals surface area contributed by atoms with Crippen LogP contribution in [0, 0.1) is 5.41 Å². The fourth-order valence-corrected chi connectivity index (χ4v) is 5.17. The molecule has 0 aromatic carbocycles. The van der Waals surface area contributed by atoms with Gasteiger partial charge in [0.2, 0.25) is 0 Å². The number of esters is 1. The second-order valence-corrected chi connectivity index (χ2v) is 15.8. The van der Waals surface area contributed by atoms with E-state index >= 15 is 0 Å². The van der Waals surface area contributed by atoms with Crippen LogP contribution in [0.25, 0.3) is 0 Å². The summed E-state index contributed by atoms with van der Waals surface area (Å²) in [6.45, 7) is 17.5. The average molecular weight is 477 g/mol. The van der Waals surface area contributed by atoms with Crippen LogP contribution in [-0.4, -0.2) is 85.1 Å². The second-order valence-electron chi connectivity index (χ2n) is 11.0. The molecule has 2 heterocycles. The number of rotatable bonds is 9. The van der Waals surface area contributed by atoms with Crippen molar-refractivity contribution in [2.75, 3.05) is 34.2 Å². The third kappa shape index (κ3) is 6.31. The van der Waals surface area contributed by atoms with Crippen LogP contribution in [0.4, 0.5) is 0 Å². The minimum absolute atomic E-state index is 0.109. The number of fused-ring (bicyclic) bond motifs is 1. The van der Waals surface area contributed by atoms with Gasteiger partial charge in [0.05, 0.1) is 24.9 Å². The lowest BCUT2D eigenvalue weighted by atomic mass is 9.72. The van der Waals surface area contributed by atoms with Gasteiger partial charge in [0.1, 0.15) is 31.7 Å². The van der Waals surface area contributed by atoms with E-state index in [4.69, 9.17) is 32.8 Å². The van der Waals surface area contributed by atoms with Crippen molar-refractivity contribution in [1.29, 1.82) is 0 Å². The molecule has 0 radical (unpaired) electrons. The highest BCUT2D eigenvalue weighted by atomic mass is 28.4. The highest BCUT2D eigenvalue weighted by molar-refractivity contribution is 6.74. The Morgan fingerprint density at radius 1 is 1.16 bits per heavy atom. The molecule has 6 atom stereocenters. The third-order valence-electron chi connectivity index (χ3n) is 7.37. The van der Waals surface area contributed by atoms with E-state index in [1.165, 1.54) is 6.92 Å². The summed E-state index contributed by atoms with van der Waals surface area (Å²) < 4.78 is 41.6. The summed E-state index contributed by atoms with van der Waals surface area (Å²) in [4.78, 5) is 11.3. The van der Waals surface area contributed by atoms with Gasteiger partial charge in [0.15, 0.2) is 8.32 Å². The summed E-state index contributed by atoms with van der Waals surface area (Å²) in [5.41, 5.74) is -0.340. The molecule has 0 spiro atoms. The zero-order valence-corrected chi connectivity index (χ0v) is 22.6. The first-order chi connectivity index (χ1) is 14.7. The molecule has 9 heteroatoms. The molecule has 2 aliphatic heterocycles. The summed E-state index contributed by atoms with van der Waals surface area (Å²) in [6.07, 6.45) is -1.03. The molecule has 0 aliphatic carbocycles. The Morgan fingerprint density at radius 2 is 1.81 bits per heavy atom. The van der Waals surface area contributed by atoms with Crippen molar-refractivity contribution in [2.24, 2.45) is 5.41 Å². The van der Waals surface area contributed by atoms with Gasteiger partial charge in [-0.1, -0.05) is 34.6 Å². The van der Waals surface area contributed by atoms with Crippen LogP contribution in [0.5, 0.6) is 0 Å². The van der Waals surface area contributed by atoms with Crippen molar-refractivity contribution in [3.05, 3.63) is 0 Å². The van der Waals surface area contributed by atoms with E-state index in [1.807, 2.05) is 0 Å². The molecule has 2 rings (SSSR count). The molecule has 0 unspecified atom stereocenters. The molecule has 0 N–H and O–H groups in total. The second kappa shape index (κ2) is 10.8. The molecule has 0 amide bonds. The molecule has 188 valence electrons. The minimum atomic E-state index is -1.90. The zero-order chi connectivity index (χ0) is 24.3. The van der Waals surface area contributed by atoms with Gasteiger partial charge in [-0.3, -0.25) is 4.79 Å². The van der Waals surface area contributed by atoms with Crippen LogP contribution in [0.15, 0.2) is 0 Å². The predicted molar refractivity (Wildman–Crippen MR) is 123 cm³/mol. The van der Waals surface area contributed by atoms with Gasteiger partial charge in [-0.25, -0.2) is 0 Å². The van der Waals surface area contributed by atoms with Gasteiger partial charge in [0.25, 0.3) is 0 Å². The predicted octanol–water partition coefficient (Wildman–Crippen LogP) is 3.53. The summed E-state index contributed by atoms with van der Waals surface area (Å²) in [7, 11) is 1.51.